The van der Waals surface area contributed by atoms with Crippen LogP contribution in [0.2, 0.25) is 0 Å². The number of benzene rings is 3. The van der Waals surface area contributed by atoms with E-state index < -0.39 is 10.8 Å². The Bertz CT molecular complexity index is 1280. The van der Waals surface area contributed by atoms with Crippen molar-refractivity contribution in [2.45, 2.75) is 33.1 Å². The number of hydrogen-bond donors (Lipinski definition) is 3. The van der Waals surface area contributed by atoms with Crippen molar-refractivity contribution in [1.29, 1.82) is 0 Å². The molecule has 2 amide bonds. The van der Waals surface area contributed by atoms with Gasteiger partial charge in [-0.15, -0.1) is 0 Å². The lowest BCUT2D eigenvalue weighted by Gasteiger charge is -2.19. The fraction of sp³-hybridized carbons (Fsp3) is 0.192. The average Bonchev–Trinajstić information content (AvgIpc) is 2.79. The minimum Gasteiger partial charge on any atom is -0.332 e. The zero-order chi connectivity index (χ0) is 25.8. The number of nitrogens with zero attached hydrogens (tertiary/aromatic N) is 1. The second-order valence-corrected chi connectivity index (χ2v) is 9.38. The van der Waals surface area contributed by atoms with E-state index in [4.69, 9.17) is 12.2 Å². The molecule has 0 saturated carbocycles. The maximum absolute atomic E-state index is 12.6. The molecule has 0 aliphatic carbocycles. The number of rotatable bonds is 5. The molecular weight excluding hydrogens is 464 g/mol. The highest BCUT2D eigenvalue weighted by atomic mass is 32.1. The van der Waals surface area contributed by atoms with Crippen molar-refractivity contribution in [2.75, 3.05) is 10.6 Å². The molecule has 3 aromatic rings. The molecule has 0 aliphatic rings. The Hall–Kier alpha value is -4.11. The van der Waals surface area contributed by atoms with Crippen molar-refractivity contribution in [3.8, 4) is 0 Å². The van der Waals surface area contributed by atoms with Gasteiger partial charge in [0.2, 0.25) is 0 Å². The number of nitrogens with one attached hydrogen (secondary N) is 3. The molecule has 3 aromatic carbocycles. The van der Waals surface area contributed by atoms with Gasteiger partial charge in [0.25, 0.3) is 17.5 Å². The monoisotopic (exact) mass is 490 g/mol. The van der Waals surface area contributed by atoms with Crippen molar-refractivity contribution >= 4 is 46.2 Å². The highest BCUT2D eigenvalue weighted by Gasteiger charge is 2.19. The first kappa shape index (κ1) is 25.5. The molecule has 0 unspecified atom stereocenters. The van der Waals surface area contributed by atoms with E-state index in [9.17, 15) is 19.7 Å². The number of anilines is 2. The summed E-state index contributed by atoms with van der Waals surface area (Å²) < 4.78 is 0. The summed E-state index contributed by atoms with van der Waals surface area (Å²) >= 11 is 5.20. The number of nitro groups is 1. The number of carbonyl (C=O) groups is 2. The molecule has 0 saturated heterocycles. The number of amides is 2. The second kappa shape index (κ2) is 10.4. The van der Waals surface area contributed by atoms with Gasteiger partial charge >= 0.3 is 0 Å². The molecule has 0 atom stereocenters. The lowest BCUT2D eigenvalue weighted by Crippen LogP contribution is -2.34. The molecule has 0 fully saturated rings. The van der Waals surface area contributed by atoms with E-state index in [1.807, 2.05) is 12.1 Å². The molecule has 0 radical (unpaired) electrons. The third-order valence-electron chi connectivity index (χ3n) is 5.39. The predicted octanol–water partition coefficient (Wildman–Crippen LogP) is 5.58. The van der Waals surface area contributed by atoms with Crippen LogP contribution >= 0.6 is 12.2 Å². The Labute approximate surface area is 208 Å². The quantitative estimate of drug-likeness (QED) is 0.244. The van der Waals surface area contributed by atoms with Gasteiger partial charge in [0.1, 0.15) is 0 Å². The third kappa shape index (κ3) is 6.48. The molecule has 0 heterocycles. The molecule has 9 heteroatoms. The van der Waals surface area contributed by atoms with Gasteiger partial charge in [0.15, 0.2) is 5.11 Å². The topological polar surface area (TPSA) is 113 Å². The van der Waals surface area contributed by atoms with E-state index in [-0.39, 0.29) is 33.2 Å². The minimum absolute atomic E-state index is 0.00969. The van der Waals surface area contributed by atoms with E-state index >= 15 is 0 Å². The highest BCUT2D eigenvalue weighted by Crippen LogP contribution is 2.23. The van der Waals surface area contributed by atoms with Crippen LogP contribution in [0.25, 0.3) is 0 Å². The van der Waals surface area contributed by atoms with Crippen LogP contribution in [-0.2, 0) is 5.41 Å². The molecule has 180 valence electrons. The summed E-state index contributed by atoms with van der Waals surface area (Å²) in [6.07, 6.45) is 0. The van der Waals surface area contributed by atoms with Crippen molar-refractivity contribution in [3.63, 3.8) is 0 Å². The van der Waals surface area contributed by atoms with E-state index in [0.29, 0.717) is 16.9 Å². The van der Waals surface area contributed by atoms with Gasteiger partial charge < -0.3 is 10.6 Å². The predicted molar refractivity (Wildman–Crippen MR) is 141 cm³/mol. The SMILES string of the molecule is Cc1c(C(=O)NC(=S)Nc2ccc(NC(=O)c3ccc(C(C)(C)C)cc3)cc2)cccc1[N+](=O)[O-]. The summed E-state index contributed by atoms with van der Waals surface area (Å²) in [5.74, 6) is -0.772. The van der Waals surface area contributed by atoms with Crippen LogP contribution in [0.5, 0.6) is 0 Å². The highest BCUT2D eigenvalue weighted by molar-refractivity contribution is 7.80. The summed E-state index contributed by atoms with van der Waals surface area (Å²) in [6.45, 7) is 7.85. The van der Waals surface area contributed by atoms with Gasteiger partial charge in [0.05, 0.1) is 4.92 Å². The van der Waals surface area contributed by atoms with Crippen molar-refractivity contribution in [1.82, 2.24) is 5.32 Å². The fourth-order valence-corrected chi connectivity index (χ4v) is 3.57. The summed E-state index contributed by atoms with van der Waals surface area (Å²) in [4.78, 5) is 35.6. The van der Waals surface area contributed by atoms with Gasteiger partial charge in [-0.05, 0) is 72.6 Å². The van der Waals surface area contributed by atoms with E-state index in [0.717, 1.165) is 5.56 Å². The molecule has 8 nitrogen and oxygen atoms in total. The second-order valence-electron chi connectivity index (χ2n) is 8.97. The summed E-state index contributed by atoms with van der Waals surface area (Å²) in [5.41, 5.74) is 3.19. The summed E-state index contributed by atoms with van der Waals surface area (Å²) in [7, 11) is 0. The van der Waals surface area contributed by atoms with Crippen LogP contribution < -0.4 is 16.0 Å². The lowest BCUT2D eigenvalue weighted by atomic mass is 9.87. The van der Waals surface area contributed by atoms with Crippen LogP contribution in [0.4, 0.5) is 17.1 Å². The van der Waals surface area contributed by atoms with Gasteiger partial charge in [-0.25, -0.2) is 0 Å². The molecular formula is C26H26N4O4S. The average molecular weight is 491 g/mol. The Balaban J connectivity index is 1.59. The zero-order valence-electron chi connectivity index (χ0n) is 19.8. The maximum atomic E-state index is 12.6. The number of hydrogen-bond acceptors (Lipinski definition) is 5. The normalized spacial score (nSPS) is 10.9. The first-order chi connectivity index (χ1) is 16.5. The van der Waals surface area contributed by atoms with E-state index in [1.165, 1.54) is 25.1 Å². The smallest absolute Gasteiger partial charge is 0.273 e. The summed E-state index contributed by atoms with van der Waals surface area (Å²) in [6, 6.07) is 18.6. The number of nitro benzene ring substituents is 1. The lowest BCUT2D eigenvalue weighted by molar-refractivity contribution is -0.385. The molecule has 0 aromatic heterocycles. The van der Waals surface area contributed by atoms with E-state index in [1.54, 1.807) is 36.4 Å². The number of thiocarbonyl (C=S) groups is 1. The molecule has 35 heavy (non-hydrogen) atoms. The zero-order valence-corrected chi connectivity index (χ0v) is 20.7. The molecule has 3 N–H and O–H groups in total. The Morgan fingerprint density at radius 1 is 0.857 bits per heavy atom. The van der Waals surface area contributed by atoms with Gasteiger partial charge in [-0.2, -0.15) is 0 Å². The molecule has 3 rings (SSSR count). The first-order valence-electron chi connectivity index (χ1n) is 10.8. The van der Waals surface area contributed by atoms with Crippen molar-refractivity contribution < 1.29 is 14.5 Å². The summed E-state index contributed by atoms with van der Waals surface area (Å²) in [5, 5.41) is 19.4. The van der Waals surface area contributed by atoms with Crippen LogP contribution in [0.3, 0.4) is 0 Å². The van der Waals surface area contributed by atoms with Gasteiger partial charge in [0, 0.05) is 34.1 Å². The standard InChI is InChI=1S/C26H26N4O4S/c1-16-21(6-5-7-22(16)30(33)34)24(32)29-25(35)28-20-14-12-19(13-15-20)27-23(31)17-8-10-18(11-9-17)26(2,3)4/h5-15H,1-4H3,(H,27,31)(H2,28,29,32,35). The Morgan fingerprint density at radius 3 is 1.97 bits per heavy atom. The van der Waals surface area contributed by atoms with Crippen LogP contribution in [-0.4, -0.2) is 21.9 Å². The molecule has 0 spiro atoms. The first-order valence-corrected chi connectivity index (χ1v) is 11.2. The fourth-order valence-electron chi connectivity index (χ4n) is 3.36. The number of carbonyl (C=O) groups excluding carboxylic acids is 2. The minimum atomic E-state index is -0.551. The van der Waals surface area contributed by atoms with Crippen LogP contribution in [0, 0.1) is 17.0 Å². The molecule has 0 bridgehead atoms. The molecule has 0 aliphatic heterocycles. The maximum Gasteiger partial charge on any atom is 0.273 e. The largest absolute Gasteiger partial charge is 0.332 e. The Morgan fingerprint density at radius 2 is 1.43 bits per heavy atom. The van der Waals surface area contributed by atoms with Crippen molar-refractivity contribution in [3.05, 3.63) is 99.1 Å². The van der Waals surface area contributed by atoms with Gasteiger partial charge in [-0.3, -0.25) is 25.0 Å². The third-order valence-corrected chi connectivity index (χ3v) is 5.59. The van der Waals surface area contributed by atoms with E-state index in [2.05, 4.69) is 36.7 Å². The Kier molecular flexibility index (Phi) is 7.61. The van der Waals surface area contributed by atoms with Crippen LogP contribution in [0.1, 0.15) is 52.6 Å². The van der Waals surface area contributed by atoms with Gasteiger partial charge in [-0.1, -0.05) is 39.0 Å². The van der Waals surface area contributed by atoms with Crippen molar-refractivity contribution in [2.24, 2.45) is 0 Å². The van der Waals surface area contributed by atoms with Crippen LogP contribution in [0.15, 0.2) is 66.7 Å².